The van der Waals surface area contributed by atoms with Crippen LogP contribution < -0.4 is 45.9 Å². The van der Waals surface area contributed by atoms with E-state index in [1.54, 1.807) is 52.1 Å². The molecule has 3 fully saturated rings. The molecule has 3 heterocycles. The van der Waals surface area contributed by atoms with Crippen LogP contribution in [-0.4, -0.2) is 195 Å². The van der Waals surface area contributed by atoms with Crippen LogP contribution in [0.1, 0.15) is 66.7 Å². The Balaban J connectivity index is 0.000000367. The van der Waals surface area contributed by atoms with Crippen LogP contribution in [0.15, 0.2) is 113 Å². The zero-order valence-corrected chi connectivity index (χ0v) is 59.0. The zero-order valence-electron chi connectivity index (χ0n) is 56.6. The van der Waals surface area contributed by atoms with Gasteiger partial charge >= 0.3 is 18.0 Å². The third kappa shape index (κ3) is 21.4. The van der Waals surface area contributed by atoms with Gasteiger partial charge in [-0.3, -0.25) is 38.5 Å². The summed E-state index contributed by atoms with van der Waals surface area (Å²) in [5.41, 5.74) is 3.42. The quantitative estimate of drug-likeness (QED) is 0.0124. The number of esters is 2. The van der Waals surface area contributed by atoms with Gasteiger partial charge in [-0.1, -0.05) is 36.4 Å². The maximum atomic E-state index is 14.5. The average molecular weight is 1450 g/mol. The number of hydrogen-bond donors (Lipinski definition) is 7. The van der Waals surface area contributed by atoms with E-state index in [9.17, 15) is 55.2 Å². The fraction of sp³-hybridized carbons (Fsp3) is 0.455. The summed E-state index contributed by atoms with van der Waals surface area (Å²) in [5, 5.41) is 14.2. The highest BCUT2D eigenvalue weighted by Gasteiger charge is 2.62. The number of aromatic nitrogens is 2. The summed E-state index contributed by atoms with van der Waals surface area (Å²) in [5.74, 6) is -4.75. The lowest BCUT2D eigenvalue weighted by molar-refractivity contribution is -0.142. The van der Waals surface area contributed by atoms with Crippen LogP contribution in [0, 0.1) is 11.8 Å². The summed E-state index contributed by atoms with van der Waals surface area (Å²) in [6.07, 6.45) is 1.81. The highest BCUT2D eigenvalue weighted by molar-refractivity contribution is 7.90. The molecule has 34 heteroatoms. The molecule has 8 rings (SSSR count). The molecule has 3 aromatic carbocycles. The molecule has 6 atom stereocenters. The predicted octanol–water partition coefficient (Wildman–Crippen LogP) is 4.97. The Morgan fingerprint density at radius 3 is 1.77 bits per heavy atom. The van der Waals surface area contributed by atoms with Crippen molar-refractivity contribution >= 4 is 106 Å². The van der Waals surface area contributed by atoms with Gasteiger partial charge in [0.25, 0.3) is 31.9 Å². The standard InChI is InChI=1S/C46H57N7O13S2.C20H27N3O8S/c1-9-28-23-46(28,42(57)52-68(59,60)38-13-11-10-12-32(38)49-39(54)25-64-19-18-63-17-16-40(55)62-8)51-41(56)36-21-30(24-53(36)44(58)66-45(4,5)6)65-37-22-34(35-26-67-43(50-35)47-27(2)3)48-33-20-29(61-7)14-15-31(33)37;1-3-14-12-20(14,21)19(26)23-32(27,28)16-7-5-4-6-15(16)22-17(24)13-31-11-10-30-9-8-18(25)29-2/h9-15,20,22,26-28,30,36H,1,16-19,21,23-25H2,2-8H3,(H,47,50)(H,49,54)(H,51,56)(H,52,57);3-7,14H,1,8-13,21H2,2H3,(H,22,24)(H,23,26)/t28-,30-,36+,46-;14-,20-/m11/s1. The van der Waals surface area contributed by atoms with E-state index in [0.717, 1.165) is 0 Å². The molecule has 31 nitrogen and oxygen atoms in total. The first-order valence-corrected chi connectivity index (χ1v) is 35.3. The van der Waals surface area contributed by atoms with Crippen LogP contribution in [0.3, 0.4) is 0 Å². The number of nitrogens with zero attached hydrogens (tertiary/aromatic N) is 3. The minimum atomic E-state index is -4.67. The second kappa shape index (κ2) is 34.8. The minimum absolute atomic E-state index is 0.00503. The lowest BCUT2D eigenvalue weighted by Crippen LogP contribution is -2.56. The second-order valence-corrected chi connectivity index (χ2v) is 28.5. The number of pyridine rings is 1. The minimum Gasteiger partial charge on any atom is -0.497 e. The number of carbonyl (C=O) groups excluding carboxylic acids is 8. The molecule has 0 spiro atoms. The van der Waals surface area contributed by atoms with Gasteiger partial charge in [0.15, 0.2) is 5.13 Å². The van der Waals surface area contributed by atoms with Crippen LogP contribution in [-0.2, 0) is 86.8 Å². The van der Waals surface area contributed by atoms with E-state index < -0.39 is 114 Å². The number of methoxy groups -OCH3 is 3. The van der Waals surface area contributed by atoms with E-state index in [-0.39, 0.29) is 107 Å². The van der Waals surface area contributed by atoms with Crippen LogP contribution in [0.2, 0.25) is 0 Å². The highest BCUT2D eigenvalue weighted by Crippen LogP contribution is 2.46. The Morgan fingerprint density at radius 2 is 1.26 bits per heavy atom. The Bertz CT molecular complexity index is 4050. The number of anilines is 3. The van der Waals surface area contributed by atoms with Gasteiger partial charge in [-0.2, -0.15) is 0 Å². The second-order valence-electron chi connectivity index (χ2n) is 24.4. The number of likely N-dealkylation sites (tertiary alicyclic amines) is 1. The molecule has 6 amide bonds. The summed E-state index contributed by atoms with van der Waals surface area (Å²) < 4.78 is 105. The van der Waals surface area contributed by atoms with Gasteiger partial charge in [0.05, 0.1) is 103 Å². The summed E-state index contributed by atoms with van der Waals surface area (Å²) in [6, 6.07) is 17.1. The number of benzene rings is 3. The number of carbonyl (C=O) groups is 8. The van der Waals surface area contributed by atoms with Gasteiger partial charge in [0, 0.05) is 47.2 Å². The summed E-state index contributed by atoms with van der Waals surface area (Å²) in [6.45, 7) is 16.2. The van der Waals surface area contributed by atoms with Crippen LogP contribution in [0.4, 0.5) is 21.3 Å². The van der Waals surface area contributed by atoms with E-state index in [0.29, 0.717) is 45.3 Å². The van der Waals surface area contributed by atoms with Crippen molar-refractivity contribution in [2.24, 2.45) is 17.6 Å². The first kappa shape index (κ1) is 78.2. The lowest BCUT2D eigenvalue weighted by Gasteiger charge is -2.29. The molecule has 0 unspecified atom stereocenters. The van der Waals surface area contributed by atoms with Crippen molar-refractivity contribution in [1.82, 2.24) is 29.6 Å². The van der Waals surface area contributed by atoms with Crippen LogP contribution in [0.5, 0.6) is 11.5 Å². The molecule has 3 aliphatic rings. The molecule has 8 N–H and O–H groups in total. The molecule has 2 saturated carbocycles. The zero-order chi connectivity index (χ0) is 73.2. The molecule has 100 heavy (non-hydrogen) atoms. The van der Waals surface area contributed by atoms with E-state index in [2.05, 4.69) is 48.6 Å². The molecule has 1 saturated heterocycles. The van der Waals surface area contributed by atoms with Crippen molar-refractivity contribution in [3.63, 3.8) is 0 Å². The van der Waals surface area contributed by atoms with Gasteiger partial charge < -0.3 is 69.6 Å². The topological polar surface area (TPSA) is 415 Å². The molecule has 542 valence electrons. The maximum absolute atomic E-state index is 14.5. The maximum Gasteiger partial charge on any atom is 0.411 e. The molecule has 5 aromatic rings. The van der Waals surface area contributed by atoms with Gasteiger partial charge in [-0.05, 0) is 83.9 Å². The van der Waals surface area contributed by atoms with Crippen LogP contribution in [0.25, 0.3) is 22.3 Å². The van der Waals surface area contributed by atoms with E-state index >= 15 is 0 Å². The number of sulfonamides is 2. The SMILES string of the molecule is C=C[C@@H]1C[C@]1(N)C(=O)NS(=O)(=O)c1ccccc1NC(=O)COCCOCCC(=O)OC.C=C[C@@H]1C[C@]1(NC(=O)[C@@H]1C[C@@H](Oc2cc(-c3csc(NC(C)C)n3)nc3cc(OC)ccc23)CN1C(=O)OC(C)(C)C)C(=O)NS(=O)(=O)c1ccccc1NC(=O)COCCOCCC(=O)OC. The molecule has 0 bridgehead atoms. The molecule has 0 radical (unpaired) electrons. The number of fused-ring (bicyclic) bond motifs is 1. The van der Waals surface area contributed by atoms with Crippen LogP contribution >= 0.6 is 11.3 Å². The predicted molar refractivity (Wildman–Crippen MR) is 366 cm³/mol. The number of amides is 6. The van der Waals surface area contributed by atoms with E-state index in [4.69, 9.17) is 48.9 Å². The van der Waals surface area contributed by atoms with E-state index in [1.807, 2.05) is 23.9 Å². The fourth-order valence-electron chi connectivity index (χ4n) is 10.1. The first-order chi connectivity index (χ1) is 47.4. The number of hydrogen-bond acceptors (Lipinski definition) is 26. The van der Waals surface area contributed by atoms with Crippen molar-refractivity contribution < 1.29 is 97.8 Å². The normalized spacial score (nSPS) is 19.2. The molecule has 2 aliphatic carbocycles. The number of ether oxygens (including phenoxy) is 9. The number of rotatable bonds is 34. The number of nitrogens with two attached hydrogens (primary N) is 1. The monoisotopic (exact) mass is 1450 g/mol. The largest absolute Gasteiger partial charge is 0.497 e. The summed E-state index contributed by atoms with van der Waals surface area (Å²) in [4.78, 5) is 112. The molecular weight excluding hydrogens is 1360 g/mol. The van der Waals surface area contributed by atoms with Gasteiger partial charge in [-0.15, -0.1) is 24.5 Å². The Hall–Kier alpha value is -9.16. The lowest BCUT2D eigenvalue weighted by atomic mass is 10.1. The van der Waals surface area contributed by atoms with E-state index in [1.165, 1.54) is 91.1 Å². The molecule has 2 aromatic heterocycles. The third-order valence-corrected chi connectivity index (χ3v) is 18.9. The number of thiazole rings is 1. The van der Waals surface area contributed by atoms with Gasteiger partial charge in [-0.25, -0.2) is 41.0 Å². The Kier molecular flexibility index (Phi) is 27.2. The smallest absolute Gasteiger partial charge is 0.411 e. The summed E-state index contributed by atoms with van der Waals surface area (Å²) >= 11 is 1.43. The Morgan fingerprint density at radius 1 is 0.710 bits per heavy atom. The van der Waals surface area contributed by atoms with Crippen molar-refractivity contribution in [1.29, 1.82) is 0 Å². The van der Waals surface area contributed by atoms with Crippen molar-refractivity contribution in [3.8, 4) is 22.9 Å². The van der Waals surface area contributed by atoms with Crippen molar-refractivity contribution in [3.05, 3.63) is 103 Å². The highest BCUT2D eigenvalue weighted by atomic mass is 32.2. The molecular formula is C66H84N10O21S3. The number of nitrogens with one attached hydrogen (secondary N) is 6. The fourth-order valence-corrected chi connectivity index (χ4v) is 13.3. The van der Waals surface area contributed by atoms with Gasteiger partial charge in [0.2, 0.25) is 17.7 Å². The third-order valence-electron chi connectivity index (χ3n) is 15.4. The van der Waals surface area contributed by atoms with Gasteiger partial charge in [0.1, 0.15) is 69.0 Å². The summed E-state index contributed by atoms with van der Waals surface area (Å²) in [7, 11) is -4.86. The van der Waals surface area contributed by atoms with Crippen molar-refractivity contribution in [2.45, 2.75) is 111 Å². The molecule has 1 aliphatic heterocycles. The average Bonchev–Trinajstić information content (AvgIpc) is 1.58. The van der Waals surface area contributed by atoms with Crippen molar-refractivity contribution in [2.75, 3.05) is 96.7 Å². The number of para-hydroxylation sites is 2. The first-order valence-electron chi connectivity index (χ1n) is 31.5. The Labute approximate surface area is 583 Å².